The molecule has 7 nitrogen and oxygen atoms in total. The van der Waals surface area contributed by atoms with Crippen molar-refractivity contribution in [3.8, 4) is 29.1 Å². The number of hydrogen-bond donors (Lipinski definition) is 0. The summed E-state index contributed by atoms with van der Waals surface area (Å²) < 4.78 is 13.1. The van der Waals surface area contributed by atoms with Crippen LogP contribution in [0.4, 0.5) is 0 Å². The number of hydrogen-bond acceptors (Lipinski definition) is 7. The number of thioether (sulfide) groups is 1. The minimum Gasteiger partial charge on any atom is -0.495 e. The standard InChI is InChI=1S/C22H24ClN5O2SSi/c1-29-18-9-16(17(23)8-14(18)10-24)20-19-15(11-25)12-28(13-30-6-7-32(3,4)5)21(19)27-22(26-20)31-2/h8-9,12H,6-7,13H2,1-5H3. The van der Waals surface area contributed by atoms with Crippen molar-refractivity contribution in [2.45, 2.75) is 37.6 Å². The van der Waals surface area contributed by atoms with Crippen LogP contribution in [0.1, 0.15) is 11.1 Å². The predicted octanol–water partition coefficient (Wildman–Crippen LogP) is 5.54. The van der Waals surface area contributed by atoms with Gasteiger partial charge in [-0.3, -0.25) is 0 Å². The molecule has 32 heavy (non-hydrogen) atoms. The van der Waals surface area contributed by atoms with Gasteiger partial charge < -0.3 is 14.0 Å². The summed E-state index contributed by atoms with van der Waals surface area (Å²) in [5.74, 6) is 0.386. The maximum absolute atomic E-state index is 9.82. The summed E-state index contributed by atoms with van der Waals surface area (Å²) in [6.07, 6.45) is 3.62. The second kappa shape index (κ2) is 9.93. The molecule has 0 N–H and O–H groups in total. The summed E-state index contributed by atoms with van der Waals surface area (Å²) in [5, 5.41) is 20.6. The molecule has 0 fully saturated rings. The maximum atomic E-state index is 9.82. The molecule has 0 spiro atoms. The summed E-state index contributed by atoms with van der Waals surface area (Å²) in [4.78, 5) is 9.31. The fourth-order valence-corrected chi connectivity index (χ4v) is 4.54. The monoisotopic (exact) mass is 485 g/mol. The lowest BCUT2D eigenvalue weighted by atomic mass is 10.0. The molecule has 0 radical (unpaired) electrons. The first-order chi connectivity index (χ1) is 15.2. The smallest absolute Gasteiger partial charge is 0.189 e. The third kappa shape index (κ3) is 5.08. The van der Waals surface area contributed by atoms with Crippen LogP contribution in [-0.4, -0.2) is 42.6 Å². The first-order valence-electron chi connectivity index (χ1n) is 9.93. The molecule has 0 saturated heterocycles. The molecule has 3 rings (SSSR count). The van der Waals surface area contributed by atoms with Crippen LogP contribution in [-0.2, 0) is 11.5 Å². The van der Waals surface area contributed by atoms with Crippen LogP contribution in [0.2, 0.25) is 30.7 Å². The zero-order chi connectivity index (χ0) is 23.5. The van der Waals surface area contributed by atoms with Crippen LogP contribution in [0.3, 0.4) is 0 Å². The quantitative estimate of drug-likeness (QED) is 0.179. The number of aromatic nitrogens is 3. The molecule has 0 amide bonds. The lowest BCUT2D eigenvalue weighted by Gasteiger charge is -2.16. The normalized spacial score (nSPS) is 11.4. The Balaban J connectivity index is 2.15. The van der Waals surface area contributed by atoms with E-state index in [0.717, 1.165) is 6.04 Å². The fourth-order valence-electron chi connectivity index (χ4n) is 3.17. The van der Waals surface area contributed by atoms with Crippen molar-refractivity contribution in [3.05, 3.63) is 34.5 Å². The van der Waals surface area contributed by atoms with E-state index in [1.807, 2.05) is 10.8 Å². The van der Waals surface area contributed by atoms with Crippen molar-refractivity contribution < 1.29 is 9.47 Å². The van der Waals surface area contributed by atoms with Gasteiger partial charge in [0.2, 0.25) is 0 Å². The Hall–Kier alpha value is -2.56. The first kappa shape index (κ1) is 24.1. The number of ether oxygens (including phenoxy) is 2. The summed E-state index contributed by atoms with van der Waals surface area (Å²) in [5.41, 5.74) is 2.44. The van der Waals surface area contributed by atoms with Crippen molar-refractivity contribution in [2.75, 3.05) is 20.0 Å². The van der Waals surface area contributed by atoms with Gasteiger partial charge in [0.15, 0.2) is 5.16 Å². The van der Waals surface area contributed by atoms with E-state index in [-0.39, 0.29) is 6.73 Å². The Bertz CT molecular complexity index is 1240. The average molecular weight is 486 g/mol. The highest BCUT2D eigenvalue weighted by Gasteiger charge is 2.22. The van der Waals surface area contributed by atoms with Crippen LogP contribution in [0, 0.1) is 22.7 Å². The van der Waals surface area contributed by atoms with E-state index in [1.165, 1.54) is 18.9 Å². The minimum atomic E-state index is -1.21. The number of methoxy groups -OCH3 is 1. The van der Waals surface area contributed by atoms with E-state index in [4.69, 9.17) is 21.1 Å². The number of nitriles is 2. The van der Waals surface area contributed by atoms with Gasteiger partial charge in [0, 0.05) is 26.4 Å². The summed E-state index contributed by atoms with van der Waals surface area (Å²) in [7, 11) is 0.285. The number of benzene rings is 1. The van der Waals surface area contributed by atoms with Crippen LogP contribution in [0.15, 0.2) is 23.5 Å². The lowest BCUT2D eigenvalue weighted by Crippen LogP contribution is -2.22. The van der Waals surface area contributed by atoms with Gasteiger partial charge in [-0.25, -0.2) is 9.97 Å². The number of halogens is 1. The zero-order valence-corrected chi connectivity index (χ0v) is 21.3. The molecular weight excluding hydrogens is 462 g/mol. The third-order valence-corrected chi connectivity index (χ3v) is 7.45. The molecule has 0 saturated carbocycles. The van der Waals surface area contributed by atoms with Crippen LogP contribution < -0.4 is 4.74 Å². The van der Waals surface area contributed by atoms with Gasteiger partial charge in [0.05, 0.1) is 34.3 Å². The second-order valence-corrected chi connectivity index (χ2v) is 15.2. The van der Waals surface area contributed by atoms with E-state index in [2.05, 4.69) is 41.7 Å². The molecule has 0 aliphatic rings. The first-order valence-corrected chi connectivity index (χ1v) is 15.2. The largest absolute Gasteiger partial charge is 0.495 e. The molecule has 166 valence electrons. The molecule has 3 aromatic rings. The molecule has 0 unspecified atom stereocenters. The molecule has 0 aliphatic heterocycles. The van der Waals surface area contributed by atoms with E-state index in [1.54, 1.807) is 18.3 Å². The average Bonchev–Trinajstić information content (AvgIpc) is 3.12. The molecule has 0 bridgehead atoms. The Morgan fingerprint density at radius 2 is 1.88 bits per heavy atom. The summed E-state index contributed by atoms with van der Waals surface area (Å²) in [6, 6.07) is 8.59. The molecule has 0 atom stereocenters. The maximum Gasteiger partial charge on any atom is 0.189 e. The Morgan fingerprint density at radius 3 is 2.47 bits per heavy atom. The van der Waals surface area contributed by atoms with Crippen molar-refractivity contribution in [1.29, 1.82) is 10.5 Å². The van der Waals surface area contributed by atoms with E-state index in [0.29, 0.717) is 56.0 Å². The van der Waals surface area contributed by atoms with Crippen molar-refractivity contribution in [1.82, 2.24) is 14.5 Å². The Labute approximate surface area is 197 Å². The third-order valence-electron chi connectivity index (χ3n) is 4.89. The van der Waals surface area contributed by atoms with Crippen LogP contribution >= 0.6 is 23.4 Å². The Kier molecular flexibility index (Phi) is 7.47. The van der Waals surface area contributed by atoms with Gasteiger partial charge >= 0.3 is 0 Å². The highest BCUT2D eigenvalue weighted by Crippen LogP contribution is 2.38. The Morgan fingerprint density at radius 1 is 1.16 bits per heavy atom. The fraction of sp³-hybridized carbons (Fsp3) is 0.364. The van der Waals surface area contributed by atoms with Crippen LogP contribution in [0.5, 0.6) is 5.75 Å². The highest BCUT2D eigenvalue weighted by molar-refractivity contribution is 7.98. The van der Waals surface area contributed by atoms with Gasteiger partial charge in [-0.2, -0.15) is 10.5 Å². The highest BCUT2D eigenvalue weighted by atomic mass is 35.5. The lowest BCUT2D eigenvalue weighted by molar-refractivity contribution is 0.0898. The van der Waals surface area contributed by atoms with Crippen molar-refractivity contribution in [3.63, 3.8) is 0 Å². The molecule has 10 heteroatoms. The topological polar surface area (TPSA) is 96.8 Å². The summed E-state index contributed by atoms with van der Waals surface area (Å²) >= 11 is 7.92. The van der Waals surface area contributed by atoms with Gasteiger partial charge in [0.25, 0.3) is 0 Å². The van der Waals surface area contributed by atoms with Crippen molar-refractivity contribution in [2.24, 2.45) is 0 Å². The molecule has 0 aliphatic carbocycles. The molecule has 2 aromatic heterocycles. The zero-order valence-electron chi connectivity index (χ0n) is 18.7. The SMILES string of the molecule is COc1cc(-c2nc(SC)nc3c2c(C#N)cn3COCC[Si](C)(C)C)c(Cl)cc1C#N. The second-order valence-electron chi connectivity index (χ2n) is 8.37. The van der Waals surface area contributed by atoms with E-state index < -0.39 is 8.07 Å². The van der Waals surface area contributed by atoms with Crippen LogP contribution in [0.25, 0.3) is 22.3 Å². The van der Waals surface area contributed by atoms with E-state index >= 15 is 0 Å². The van der Waals surface area contributed by atoms with Crippen molar-refractivity contribution >= 4 is 42.5 Å². The van der Waals surface area contributed by atoms with E-state index in [9.17, 15) is 10.5 Å². The van der Waals surface area contributed by atoms with Gasteiger partial charge in [-0.1, -0.05) is 43.0 Å². The minimum absolute atomic E-state index is 0.289. The summed E-state index contributed by atoms with van der Waals surface area (Å²) in [6.45, 7) is 7.85. The number of fused-ring (bicyclic) bond motifs is 1. The molecular formula is C22H24ClN5O2SSi. The number of rotatable bonds is 8. The predicted molar refractivity (Wildman–Crippen MR) is 130 cm³/mol. The molecule has 2 heterocycles. The van der Waals surface area contributed by atoms with Gasteiger partial charge in [-0.15, -0.1) is 0 Å². The van der Waals surface area contributed by atoms with Gasteiger partial charge in [-0.05, 0) is 24.4 Å². The molecule has 1 aromatic carbocycles. The van der Waals surface area contributed by atoms with Gasteiger partial charge in [0.1, 0.15) is 30.3 Å². The number of nitrogens with zero attached hydrogens (tertiary/aromatic N) is 5.